The van der Waals surface area contributed by atoms with Crippen molar-refractivity contribution < 1.29 is 13.9 Å². The van der Waals surface area contributed by atoms with Gasteiger partial charge in [0.1, 0.15) is 16.9 Å². The summed E-state index contributed by atoms with van der Waals surface area (Å²) in [6.07, 6.45) is 4.33. The highest BCUT2D eigenvalue weighted by Crippen LogP contribution is 2.34. The zero-order chi connectivity index (χ0) is 13.7. The molecule has 0 unspecified atom stereocenters. The lowest BCUT2D eigenvalue weighted by Gasteiger charge is -2.08. The van der Waals surface area contributed by atoms with Crippen LogP contribution in [0, 0.1) is 0 Å². The lowest BCUT2D eigenvalue weighted by Crippen LogP contribution is -2.01. The standard InChI is InChI=1S/C16H14O4/c17-8-9-5-16(18)20-14-7-15-12(6-11(9)14)10-3-1-2-4-13(10)19-15/h5-7,17H,1-4,8H2. The van der Waals surface area contributed by atoms with Gasteiger partial charge in [0.15, 0.2) is 0 Å². The summed E-state index contributed by atoms with van der Waals surface area (Å²) < 4.78 is 11.1. The van der Waals surface area contributed by atoms with Crippen LogP contribution in [0.5, 0.6) is 0 Å². The van der Waals surface area contributed by atoms with E-state index < -0.39 is 5.63 Å². The van der Waals surface area contributed by atoms with Crippen LogP contribution in [0.4, 0.5) is 0 Å². The van der Waals surface area contributed by atoms with Crippen LogP contribution in [0.3, 0.4) is 0 Å². The minimum atomic E-state index is -0.447. The summed E-state index contributed by atoms with van der Waals surface area (Å²) in [4.78, 5) is 11.5. The molecule has 102 valence electrons. The molecular weight excluding hydrogens is 256 g/mol. The van der Waals surface area contributed by atoms with Crippen LogP contribution < -0.4 is 5.63 Å². The van der Waals surface area contributed by atoms with Gasteiger partial charge < -0.3 is 13.9 Å². The third kappa shape index (κ3) is 1.61. The van der Waals surface area contributed by atoms with E-state index in [0.29, 0.717) is 11.1 Å². The maximum atomic E-state index is 11.5. The van der Waals surface area contributed by atoms with Crippen LogP contribution in [0.1, 0.15) is 29.7 Å². The topological polar surface area (TPSA) is 63.6 Å². The highest BCUT2D eigenvalue weighted by molar-refractivity contribution is 5.96. The van der Waals surface area contributed by atoms with Crippen LogP contribution in [0.2, 0.25) is 0 Å². The number of hydrogen-bond donors (Lipinski definition) is 1. The Morgan fingerprint density at radius 3 is 2.65 bits per heavy atom. The van der Waals surface area contributed by atoms with Crippen molar-refractivity contribution in [3.63, 3.8) is 0 Å². The molecule has 3 aromatic rings. The van der Waals surface area contributed by atoms with E-state index in [0.717, 1.165) is 41.4 Å². The molecular formula is C16H14O4. The first kappa shape index (κ1) is 11.7. The van der Waals surface area contributed by atoms with Crippen LogP contribution in [0.25, 0.3) is 21.9 Å². The maximum absolute atomic E-state index is 11.5. The number of aliphatic hydroxyl groups is 1. The van der Waals surface area contributed by atoms with Gasteiger partial charge in [0.05, 0.1) is 6.61 Å². The zero-order valence-corrected chi connectivity index (χ0v) is 10.9. The molecule has 0 saturated heterocycles. The number of aryl methyl sites for hydroxylation is 2. The van der Waals surface area contributed by atoms with E-state index in [4.69, 9.17) is 8.83 Å². The van der Waals surface area contributed by atoms with Gasteiger partial charge in [-0.15, -0.1) is 0 Å². The summed E-state index contributed by atoms with van der Waals surface area (Å²) in [6, 6.07) is 5.09. The lowest BCUT2D eigenvalue weighted by atomic mass is 9.95. The number of rotatable bonds is 1. The summed E-state index contributed by atoms with van der Waals surface area (Å²) in [6.45, 7) is -0.173. The Morgan fingerprint density at radius 1 is 1.00 bits per heavy atom. The first-order chi connectivity index (χ1) is 9.76. The summed E-state index contributed by atoms with van der Waals surface area (Å²) in [7, 11) is 0. The summed E-state index contributed by atoms with van der Waals surface area (Å²) in [5.74, 6) is 1.05. The van der Waals surface area contributed by atoms with Crippen LogP contribution in [0.15, 0.2) is 31.8 Å². The minimum absolute atomic E-state index is 0.173. The van der Waals surface area contributed by atoms with E-state index >= 15 is 0 Å². The van der Waals surface area contributed by atoms with Crippen molar-refractivity contribution in [2.75, 3.05) is 0 Å². The van der Waals surface area contributed by atoms with Crippen molar-refractivity contribution in [3.8, 4) is 0 Å². The third-order valence-electron chi connectivity index (χ3n) is 4.08. The average molecular weight is 270 g/mol. The Balaban J connectivity index is 2.12. The summed E-state index contributed by atoms with van der Waals surface area (Å²) in [5.41, 5.74) is 2.66. The molecule has 1 N–H and O–H groups in total. The van der Waals surface area contributed by atoms with Crippen LogP contribution in [-0.4, -0.2) is 5.11 Å². The van der Waals surface area contributed by atoms with Gasteiger partial charge in [0, 0.05) is 34.9 Å². The molecule has 1 aliphatic carbocycles. The van der Waals surface area contributed by atoms with Gasteiger partial charge in [-0.3, -0.25) is 0 Å². The fourth-order valence-electron chi connectivity index (χ4n) is 3.11. The molecule has 0 aliphatic heterocycles. The normalized spacial score (nSPS) is 14.8. The Labute approximate surface area is 114 Å². The predicted molar refractivity (Wildman–Crippen MR) is 74.8 cm³/mol. The molecule has 4 rings (SSSR count). The van der Waals surface area contributed by atoms with Crippen molar-refractivity contribution in [1.82, 2.24) is 0 Å². The highest BCUT2D eigenvalue weighted by atomic mass is 16.4. The molecule has 20 heavy (non-hydrogen) atoms. The molecule has 2 aromatic heterocycles. The molecule has 1 aliphatic rings. The van der Waals surface area contributed by atoms with E-state index in [1.807, 2.05) is 6.07 Å². The van der Waals surface area contributed by atoms with Crippen molar-refractivity contribution in [3.05, 3.63) is 45.5 Å². The largest absolute Gasteiger partial charge is 0.461 e. The van der Waals surface area contributed by atoms with Crippen molar-refractivity contribution in [2.45, 2.75) is 32.3 Å². The molecule has 0 spiro atoms. The highest BCUT2D eigenvalue weighted by Gasteiger charge is 2.19. The molecule has 0 amide bonds. The number of hydrogen-bond acceptors (Lipinski definition) is 4. The second kappa shape index (κ2) is 4.21. The fraction of sp³-hybridized carbons (Fsp3) is 0.312. The molecule has 4 heteroatoms. The van der Waals surface area contributed by atoms with Crippen LogP contribution >= 0.6 is 0 Å². The van der Waals surface area contributed by atoms with E-state index in [1.165, 1.54) is 18.1 Å². The van der Waals surface area contributed by atoms with Gasteiger partial charge in [-0.2, -0.15) is 0 Å². The molecule has 0 saturated carbocycles. The van der Waals surface area contributed by atoms with Gasteiger partial charge in [-0.1, -0.05) is 0 Å². The van der Waals surface area contributed by atoms with Gasteiger partial charge in [0.2, 0.25) is 0 Å². The van der Waals surface area contributed by atoms with Gasteiger partial charge in [-0.25, -0.2) is 4.79 Å². The Hall–Kier alpha value is -2.07. The molecule has 0 radical (unpaired) electrons. The molecule has 1 aromatic carbocycles. The second-order valence-electron chi connectivity index (χ2n) is 5.30. The monoisotopic (exact) mass is 270 g/mol. The number of aliphatic hydroxyl groups excluding tert-OH is 1. The van der Waals surface area contributed by atoms with Gasteiger partial charge in [0.25, 0.3) is 0 Å². The predicted octanol–water partition coefficient (Wildman–Crippen LogP) is 2.91. The number of furan rings is 1. The van der Waals surface area contributed by atoms with Crippen molar-refractivity contribution in [2.24, 2.45) is 0 Å². The zero-order valence-electron chi connectivity index (χ0n) is 10.9. The molecule has 0 bridgehead atoms. The molecule has 4 nitrogen and oxygen atoms in total. The number of benzene rings is 1. The first-order valence-corrected chi connectivity index (χ1v) is 6.88. The Kier molecular flexibility index (Phi) is 2.47. The van der Waals surface area contributed by atoms with Crippen molar-refractivity contribution >= 4 is 21.9 Å². The van der Waals surface area contributed by atoms with E-state index in [2.05, 4.69) is 0 Å². The van der Waals surface area contributed by atoms with E-state index in [-0.39, 0.29) is 6.61 Å². The Morgan fingerprint density at radius 2 is 1.80 bits per heavy atom. The van der Waals surface area contributed by atoms with E-state index in [9.17, 15) is 9.90 Å². The maximum Gasteiger partial charge on any atom is 0.336 e. The molecule has 2 heterocycles. The minimum Gasteiger partial charge on any atom is -0.461 e. The summed E-state index contributed by atoms with van der Waals surface area (Å²) >= 11 is 0. The molecule has 0 fully saturated rings. The fourth-order valence-corrected chi connectivity index (χ4v) is 3.11. The lowest BCUT2D eigenvalue weighted by molar-refractivity contribution is 0.282. The van der Waals surface area contributed by atoms with Crippen LogP contribution in [-0.2, 0) is 19.4 Å². The van der Waals surface area contributed by atoms with Crippen molar-refractivity contribution in [1.29, 1.82) is 0 Å². The first-order valence-electron chi connectivity index (χ1n) is 6.88. The molecule has 0 atom stereocenters. The van der Waals surface area contributed by atoms with Gasteiger partial charge in [-0.05, 0) is 30.9 Å². The third-order valence-corrected chi connectivity index (χ3v) is 4.08. The quantitative estimate of drug-likeness (QED) is 0.690. The smallest absolute Gasteiger partial charge is 0.336 e. The van der Waals surface area contributed by atoms with E-state index in [1.54, 1.807) is 6.07 Å². The average Bonchev–Trinajstić information content (AvgIpc) is 2.81. The SMILES string of the molecule is O=c1cc(CO)c2cc3c4c(oc3cc2o1)CCCC4. The number of fused-ring (bicyclic) bond motifs is 4. The van der Waals surface area contributed by atoms with Gasteiger partial charge >= 0.3 is 5.63 Å². The summed E-state index contributed by atoms with van der Waals surface area (Å²) in [5, 5.41) is 11.3. The Bertz CT molecular complexity index is 869. The second-order valence-corrected chi connectivity index (χ2v) is 5.30.